The molecule has 2 N–H and O–H groups in total. The number of hydrogen-bond donors (Lipinski definition) is 2. The number of para-hydroxylation sites is 1. The third-order valence-electron chi connectivity index (χ3n) is 4.97. The highest BCUT2D eigenvalue weighted by molar-refractivity contribution is 7.92. The average Bonchev–Trinajstić information content (AvgIpc) is 2.81. The molecule has 12 heteroatoms. The Labute approximate surface area is 210 Å². The number of alkyl halides is 3. The van der Waals surface area contributed by atoms with E-state index < -0.39 is 45.8 Å². The van der Waals surface area contributed by atoms with Gasteiger partial charge in [0.25, 0.3) is 5.91 Å². The van der Waals surface area contributed by atoms with Crippen LogP contribution in [0.25, 0.3) is 0 Å². The third kappa shape index (κ3) is 6.98. The summed E-state index contributed by atoms with van der Waals surface area (Å²) in [6.45, 7) is -0.641. The summed E-state index contributed by atoms with van der Waals surface area (Å²) in [5.41, 5.74) is -0.565. The quantitative estimate of drug-likeness (QED) is 0.434. The van der Waals surface area contributed by atoms with Gasteiger partial charge < -0.3 is 10.6 Å². The lowest BCUT2D eigenvalue weighted by Gasteiger charge is -2.24. The van der Waals surface area contributed by atoms with Crippen LogP contribution in [0.4, 0.5) is 24.5 Å². The molecule has 0 saturated heterocycles. The molecule has 0 aromatic heterocycles. The number of nitrogens with one attached hydrogen (secondary N) is 2. The highest BCUT2D eigenvalue weighted by Crippen LogP contribution is 2.36. The van der Waals surface area contributed by atoms with Crippen LogP contribution in [0.1, 0.15) is 21.5 Å². The lowest BCUT2D eigenvalue weighted by molar-refractivity contribution is -0.137. The van der Waals surface area contributed by atoms with Crippen LogP contribution in [-0.2, 0) is 27.5 Å². The SMILES string of the molecule is CS(=O)(=O)N(CC(=O)Nc1ccccc1C(=O)NCc1ccccc1)c1cc(C(F)(F)F)ccc1Cl. The fourth-order valence-electron chi connectivity index (χ4n) is 3.24. The van der Waals surface area contributed by atoms with Gasteiger partial charge in [-0.2, -0.15) is 13.2 Å². The zero-order valence-corrected chi connectivity index (χ0v) is 20.4. The van der Waals surface area contributed by atoms with Crippen molar-refractivity contribution < 1.29 is 31.2 Å². The molecule has 0 heterocycles. The predicted octanol–water partition coefficient (Wildman–Crippen LogP) is 4.69. The molecule has 3 aromatic carbocycles. The van der Waals surface area contributed by atoms with Gasteiger partial charge in [-0.1, -0.05) is 54.1 Å². The second-order valence-corrected chi connectivity index (χ2v) is 10.0. The summed E-state index contributed by atoms with van der Waals surface area (Å²) < 4.78 is 64.7. The van der Waals surface area contributed by atoms with Crippen molar-refractivity contribution >= 4 is 44.8 Å². The molecular weight excluding hydrogens is 519 g/mol. The number of sulfonamides is 1. The molecule has 36 heavy (non-hydrogen) atoms. The van der Waals surface area contributed by atoms with Gasteiger partial charge in [-0.05, 0) is 35.9 Å². The number of nitrogens with zero attached hydrogens (tertiary/aromatic N) is 1. The van der Waals surface area contributed by atoms with E-state index in [0.717, 1.165) is 17.9 Å². The van der Waals surface area contributed by atoms with Crippen LogP contribution in [0.2, 0.25) is 5.02 Å². The first-order valence-corrected chi connectivity index (χ1v) is 12.6. The Morgan fingerprint density at radius 3 is 2.25 bits per heavy atom. The third-order valence-corrected chi connectivity index (χ3v) is 6.42. The minimum atomic E-state index is -4.75. The maximum Gasteiger partial charge on any atom is 0.416 e. The Morgan fingerprint density at radius 1 is 0.972 bits per heavy atom. The molecule has 0 spiro atoms. The van der Waals surface area contributed by atoms with E-state index in [-0.39, 0.29) is 22.8 Å². The average molecular weight is 540 g/mol. The van der Waals surface area contributed by atoms with Gasteiger partial charge in [0.05, 0.1) is 33.8 Å². The molecule has 3 rings (SSSR count). The van der Waals surface area contributed by atoms with E-state index in [1.54, 1.807) is 12.1 Å². The van der Waals surface area contributed by atoms with E-state index in [4.69, 9.17) is 11.6 Å². The highest BCUT2D eigenvalue weighted by Gasteiger charge is 2.33. The topological polar surface area (TPSA) is 95.6 Å². The molecule has 190 valence electrons. The van der Waals surface area contributed by atoms with Gasteiger partial charge in [0.15, 0.2) is 0 Å². The van der Waals surface area contributed by atoms with Crippen LogP contribution < -0.4 is 14.9 Å². The summed E-state index contributed by atoms with van der Waals surface area (Å²) in [5.74, 6) is -1.38. The number of anilines is 2. The van der Waals surface area contributed by atoms with Gasteiger partial charge in [0, 0.05) is 6.54 Å². The molecule has 0 fully saturated rings. The molecule has 0 aliphatic rings. The first-order chi connectivity index (χ1) is 16.9. The summed E-state index contributed by atoms with van der Waals surface area (Å²) in [5, 5.41) is 4.89. The highest BCUT2D eigenvalue weighted by atomic mass is 35.5. The van der Waals surface area contributed by atoms with Crippen LogP contribution in [0.15, 0.2) is 72.8 Å². The van der Waals surface area contributed by atoms with Crippen molar-refractivity contribution in [1.29, 1.82) is 0 Å². The molecule has 0 aliphatic heterocycles. The molecule has 0 saturated carbocycles. The van der Waals surface area contributed by atoms with Crippen molar-refractivity contribution in [1.82, 2.24) is 5.32 Å². The lowest BCUT2D eigenvalue weighted by Crippen LogP contribution is -2.38. The molecule has 0 bridgehead atoms. The van der Waals surface area contributed by atoms with Gasteiger partial charge in [0.2, 0.25) is 15.9 Å². The Morgan fingerprint density at radius 2 is 1.61 bits per heavy atom. The van der Waals surface area contributed by atoms with E-state index in [9.17, 15) is 31.2 Å². The number of amides is 2. The molecule has 2 amide bonds. The van der Waals surface area contributed by atoms with Crippen molar-refractivity contribution in [3.05, 3.63) is 94.5 Å². The maximum absolute atomic E-state index is 13.2. The summed E-state index contributed by atoms with van der Waals surface area (Å²) in [4.78, 5) is 25.5. The van der Waals surface area contributed by atoms with E-state index in [2.05, 4.69) is 10.6 Å². The van der Waals surface area contributed by atoms with E-state index in [1.807, 2.05) is 30.3 Å². The first-order valence-electron chi connectivity index (χ1n) is 10.4. The minimum Gasteiger partial charge on any atom is -0.348 e. The number of carbonyl (C=O) groups is 2. The van der Waals surface area contributed by atoms with Gasteiger partial charge in [0.1, 0.15) is 6.54 Å². The Kier molecular flexibility index (Phi) is 8.26. The first kappa shape index (κ1) is 27.0. The second-order valence-electron chi connectivity index (χ2n) is 7.70. The standard InChI is InChI=1S/C24H21ClF3N3O4S/c1-36(34,35)31(21-13-17(24(26,27)28)11-12-19(21)25)15-22(32)30-20-10-6-5-9-18(20)23(33)29-14-16-7-3-2-4-8-16/h2-13H,14-15H2,1H3,(H,29,33)(H,30,32). The van der Waals surface area contributed by atoms with Gasteiger partial charge in [-0.25, -0.2) is 8.42 Å². The Bertz CT molecular complexity index is 1370. The molecule has 0 unspecified atom stereocenters. The van der Waals surface area contributed by atoms with Gasteiger partial charge >= 0.3 is 6.18 Å². The Balaban J connectivity index is 1.81. The van der Waals surface area contributed by atoms with Crippen LogP contribution in [0.5, 0.6) is 0 Å². The van der Waals surface area contributed by atoms with Crippen LogP contribution >= 0.6 is 11.6 Å². The molecule has 7 nitrogen and oxygen atoms in total. The van der Waals surface area contributed by atoms with Crippen molar-refractivity contribution in [2.24, 2.45) is 0 Å². The molecule has 0 radical (unpaired) electrons. The fraction of sp³-hybridized carbons (Fsp3) is 0.167. The predicted molar refractivity (Wildman–Crippen MR) is 131 cm³/mol. The summed E-state index contributed by atoms with van der Waals surface area (Å²) in [7, 11) is -4.21. The molecule has 0 atom stereocenters. The van der Waals surface area contributed by atoms with Crippen molar-refractivity contribution in [2.75, 3.05) is 22.4 Å². The van der Waals surface area contributed by atoms with Crippen LogP contribution in [-0.4, -0.2) is 33.0 Å². The fourth-order valence-corrected chi connectivity index (χ4v) is 4.37. The van der Waals surface area contributed by atoms with Crippen molar-refractivity contribution in [3.63, 3.8) is 0 Å². The monoisotopic (exact) mass is 539 g/mol. The number of benzene rings is 3. The second kappa shape index (κ2) is 11.0. The number of halogens is 4. The largest absolute Gasteiger partial charge is 0.416 e. The molecule has 3 aromatic rings. The molecular formula is C24H21ClF3N3O4S. The zero-order valence-electron chi connectivity index (χ0n) is 18.8. The number of hydrogen-bond acceptors (Lipinski definition) is 4. The lowest BCUT2D eigenvalue weighted by atomic mass is 10.1. The van der Waals surface area contributed by atoms with Crippen LogP contribution in [0, 0.1) is 0 Å². The van der Waals surface area contributed by atoms with Crippen LogP contribution in [0.3, 0.4) is 0 Å². The number of rotatable bonds is 8. The van der Waals surface area contributed by atoms with E-state index in [1.165, 1.54) is 12.1 Å². The normalized spacial score (nSPS) is 11.6. The maximum atomic E-state index is 13.2. The Hall–Kier alpha value is -3.57. The zero-order chi connectivity index (χ0) is 26.5. The molecule has 0 aliphatic carbocycles. The minimum absolute atomic E-state index is 0.0941. The number of carbonyl (C=O) groups excluding carboxylic acids is 2. The van der Waals surface area contributed by atoms with Gasteiger partial charge in [-0.15, -0.1) is 0 Å². The summed E-state index contributed by atoms with van der Waals surface area (Å²) in [6, 6.07) is 17.3. The van der Waals surface area contributed by atoms with Gasteiger partial charge in [-0.3, -0.25) is 13.9 Å². The van der Waals surface area contributed by atoms with E-state index >= 15 is 0 Å². The smallest absolute Gasteiger partial charge is 0.348 e. The van der Waals surface area contributed by atoms with Crippen molar-refractivity contribution in [3.8, 4) is 0 Å². The van der Waals surface area contributed by atoms with Crippen molar-refractivity contribution in [2.45, 2.75) is 12.7 Å². The van der Waals surface area contributed by atoms with E-state index in [0.29, 0.717) is 16.4 Å². The summed E-state index contributed by atoms with van der Waals surface area (Å²) >= 11 is 5.98. The summed E-state index contributed by atoms with van der Waals surface area (Å²) in [6.07, 6.45) is -4.02.